The summed E-state index contributed by atoms with van der Waals surface area (Å²) < 4.78 is 6.89. The molecule has 1 N–H and O–H groups in total. The van der Waals surface area contributed by atoms with Gasteiger partial charge in [-0.2, -0.15) is 0 Å². The monoisotopic (exact) mass is 358 g/mol. The highest BCUT2D eigenvalue weighted by Crippen LogP contribution is 2.56. The number of piperidine rings is 3. The Morgan fingerprint density at radius 1 is 1.07 bits per heavy atom. The minimum atomic E-state index is 0.0716. The average molecular weight is 358 g/mol. The van der Waals surface area contributed by atoms with Crippen LogP contribution in [0.1, 0.15) is 24.0 Å². The Kier molecular flexibility index (Phi) is 2.82. The Labute approximate surface area is 160 Å². The second-order valence-corrected chi connectivity index (χ2v) is 9.58. The van der Waals surface area contributed by atoms with Crippen molar-refractivity contribution in [3.8, 4) is 5.75 Å². The second kappa shape index (κ2) is 5.08. The van der Waals surface area contributed by atoms with Crippen molar-refractivity contribution in [3.63, 3.8) is 0 Å². The van der Waals surface area contributed by atoms with E-state index in [2.05, 4.69) is 58.9 Å². The van der Waals surface area contributed by atoms with E-state index in [9.17, 15) is 0 Å². The van der Waals surface area contributed by atoms with Crippen LogP contribution in [0, 0.1) is 23.7 Å². The highest BCUT2D eigenvalue weighted by atomic mass is 16.5. The van der Waals surface area contributed by atoms with Gasteiger partial charge in [0.15, 0.2) is 0 Å². The van der Waals surface area contributed by atoms with E-state index in [0.717, 1.165) is 18.1 Å². The molecule has 1 aromatic rings. The molecule has 138 valence electrons. The van der Waals surface area contributed by atoms with Crippen LogP contribution in [0.4, 0.5) is 0 Å². The van der Waals surface area contributed by atoms with Crippen LogP contribution in [0.15, 0.2) is 48.7 Å². The molecule has 3 saturated heterocycles. The lowest BCUT2D eigenvalue weighted by molar-refractivity contribution is -0.158. The maximum atomic E-state index is 6.89. The van der Waals surface area contributed by atoms with Crippen LogP contribution in [-0.4, -0.2) is 36.2 Å². The van der Waals surface area contributed by atoms with E-state index in [1.165, 1.54) is 49.2 Å². The zero-order valence-electron chi connectivity index (χ0n) is 15.6. The number of hydrogen-bond donors (Lipinski definition) is 1. The fraction of sp³-hybridized carbons (Fsp3) is 0.500. The van der Waals surface area contributed by atoms with Gasteiger partial charge in [0.25, 0.3) is 0 Å². The number of nitrogens with zero attached hydrogens (tertiary/aromatic N) is 1. The van der Waals surface area contributed by atoms with Gasteiger partial charge in [0.1, 0.15) is 11.4 Å². The average Bonchev–Trinajstić information content (AvgIpc) is 3.30. The van der Waals surface area contributed by atoms with Gasteiger partial charge in [0.05, 0.1) is 6.04 Å². The standard InChI is InChI=1S/C24H26N2O/c1-2-20(16-4-5-22-17(10-16)6-7-25-22)21-11-24(27-23(21)3-1)18-8-15-9-19(24)14-26(12-15)13-18/h1-7,10,15,17-19,22,25H,8-9,11-14H2/t15?,17?,18-,19?,22?,24?/m1/s1. The van der Waals surface area contributed by atoms with Crippen molar-refractivity contribution in [2.45, 2.75) is 30.9 Å². The van der Waals surface area contributed by atoms with Gasteiger partial charge in [-0.05, 0) is 42.2 Å². The molecular formula is C24H26N2O. The van der Waals surface area contributed by atoms with Gasteiger partial charge in [-0.1, -0.05) is 36.4 Å². The van der Waals surface area contributed by atoms with E-state index in [4.69, 9.17) is 4.74 Å². The Hall–Kier alpha value is -2.00. The Balaban J connectivity index is 1.28. The maximum absolute atomic E-state index is 6.89. The van der Waals surface area contributed by atoms with Gasteiger partial charge in [0.2, 0.25) is 0 Å². The molecule has 6 unspecified atom stereocenters. The lowest BCUT2D eigenvalue weighted by Crippen LogP contribution is -2.68. The second-order valence-electron chi connectivity index (χ2n) is 9.58. The van der Waals surface area contributed by atoms with E-state index in [1.807, 2.05) is 0 Å². The minimum absolute atomic E-state index is 0.0716. The molecule has 1 saturated carbocycles. The summed E-state index contributed by atoms with van der Waals surface area (Å²) in [5.41, 5.74) is 4.30. The molecule has 7 aliphatic rings. The van der Waals surface area contributed by atoms with Crippen molar-refractivity contribution in [1.82, 2.24) is 10.2 Å². The van der Waals surface area contributed by atoms with E-state index in [-0.39, 0.29) is 5.60 Å². The number of rotatable bonds is 1. The highest BCUT2D eigenvalue weighted by Gasteiger charge is 2.60. The lowest BCUT2D eigenvalue weighted by Gasteiger charge is -2.60. The number of nitrogens with one attached hydrogen (secondary N) is 1. The summed E-state index contributed by atoms with van der Waals surface area (Å²) in [5.74, 6) is 3.98. The summed E-state index contributed by atoms with van der Waals surface area (Å²) in [6, 6.07) is 7.15. The molecule has 4 fully saturated rings. The van der Waals surface area contributed by atoms with Crippen LogP contribution in [0.2, 0.25) is 0 Å². The molecule has 0 radical (unpaired) electrons. The molecule has 1 aromatic carbocycles. The van der Waals surface area contributed by atoms with Crippen LogP contribution in [-0.2, 0) is 6.42 Å². The van der Waals surface area contributed by atoms with Crippen molar-refractivity contribution in [3.05, 3.63) is 59.8 Å². The molecule has 5 aliphatic heterocycles. The van der Waals surface area contributed by atoms with Crippen LogP contribution >= 0.6 is 0 Å². The van der Waals surface area contributed by atoms with Crippen LogP contribution < -0.4 is 10.1 Å². The summed E-state index contributed by atoms with van der Waals surface area (Å²) in [4.78, 5) is 2.71. The Morgan fingerprint density at radius 3 is 2.81 bits per heavy atom. The number of fused-ring (bicyclic) bond motifs is 2. The molecule has 3 heteroatoms. The highest BCUT2D eigenvalue weighted by molar-refractivity contribution is 5.79. The van der Waals surface area contributed by atoms with Gasteiger partial charge in [-0.15, -0.1) is 0 Å². The third kappa shape index (κ3) is 1.96. The van der Waals surface area contributed by atoms with E-state index in [1.54, 1.807) is 0 Å². The molecule has 4 bridgehead atoms. The molecule has 0 aromatic heterocycles. The molecule has 8 rings (SSSR count). The third-order valence-electron chi connectivity index (χ3n) is 8.17. The SMILES string of the molecule is C1=CC2C=C(c3cccc4c3CC3(O4)C4CC5C[C@@H]3CN(C5)C4)C=CC2N1. The van der Waals surface area contributed by atoms with Gasteiger partial charge in [-0.25, -0.2) is 0 Å². The molecule has 7 atom stereocenters. The summed E-state index contributed by atoms with van der Waals surface area (Å²) in [6.45, 7) is 3.83. The smallest absolute Gasteiger partial charge is 0.124 e. The van der Waals surface area contributed by atoms with Crippen molar-refractivity contribution >= 4 is 5.57 Å². The molecule has 1 spiro atoms. The zero-order valence-corrected chi connectivity index (χ0v) is 15.6. The summed E-state index contributed by atoms with van der Waals surface area (Å²) in [7, 11) is 0. The first-order chi connectivity index (χ1) is 13.3. The predicted octanol–water partition coefficient (Wildman–Crippen LogP) is 3.39. The minimum Gasteiger partial charge on any atom is -0.486 e. The van der Waals surface area contributed by atoms with Gasteiger partial charge < -0.3 is 15.0 Å². The zero-order chi connectivity index (χ0) is 17.6. The van der Waals surface area contributed by atoms with Gasteiger partial charge >= 0.3 is 0 Å². The quantitative estimate of drug-likeness (QED) is 0.833. The molecule has 27 heavy (non-hydrogen) atoms. The number of ether oxygens (including phenoxy) is 1. The first-order valence-electron chi connectivity index (χ1n) is 10.6. The Morgan fingerprint density at radius 2 is 1.96 bits per heavy atom. The predicted molar refractivity (Wildman–Crippen MR) is 106 cm³/mol. The number of hydrogen-bond acceptors (Lipinski definition) is 3. The van der Waals surface area contributed by atoms with E-state index in [0.29, 0.717) is 23.8 Å². The van der Waals surface area contributed by atoms with E-state index >= 15 is 0 Å². The van der Waals surface area contributed by atoms with Crippen LogP contribution in [0.5, 0.6) is 5.75 Å². The molecule has 5 heterocycles. The van der Waals surface area contributed by atoms with Crippen molar-refractivity contribution < 1.29 is 4.74 Å². The van der Waals surface area contributed by atoms with Crippen LogP contribution in [0.3, 0.4) is 0 Å². The normalized spacial score (nSPS) is 44.8. The topological polar surface area (TPSA) is 24.5 Å². The largest absolute Gasteiger partial charge is 0.486 e. The molecular weight excluding hydrogens is 332 g/mol. The first kappa shape index (κ1) is 15.0. The van der Waals surface area contributed by atoms with Crippen LogP contribution in [0.25, 0.3) is 5.57 Å². The first-order valence-corrected chi connectivity index (χ1v) is 10.6. The van der Waals surface area contributed by atoms with E-state index < -0.39 is 0 Å². The molecule has 0 amide bonds. The molecule has 2 aliphatic carbocycles. The lowest BCUT2D eigenvalue weighted by atomic mass is 9.58. The summed E-state index contributed by atoms with van der Waals surface area (Å²) >= 11 is 0. The van der Waals surface area contributed by atoms with Gasteiger partial charge in [0, 0.05) is 49.4 Å². The fourth-order valence-electron chi connectivity index (χ4n) is 7.04. The fourth-order valence-corrected chi connectivity index (χ4v) is 7.04. The summed E-state index contributed by atoms with van der Waals surface area (Å²) in [5, 5.41) is 3.42. The number of benzene rings is 1. The third-order valence-corrected chi connectivity index (χ3v) is 8.17. The Bertz CT molecular complexity index is 883. The molecule has 3 nitrogen and oxygen atoms in total. The van der Waals surface area contributed by atoms with Crippen molar-refractivity contribution in [2.24, 2.45) is 23.7 Å². The van der Waals surface area contributed by atoms with Crippen molar-refractivity contribution in [2.75, 3.05) is 19.6 Å². The van der Waals surface area contributed by atoms with Gasteiger partial charge in [-0.3, -0.25) is 0 Å². The maximum Gasteiger partial charge on any atom is 0.124 e. The summed E-state index contributed by atoms with van der Waals surface area (Å²) in [6.07, 6.45) is 15.3. The number of allylic oxidation sites excluding steroid dienone is 2. The van der Waals surface area contributed by atoms with Crippen molar-refractivity contribution in [1.29, 1.82) is 0 Å².